The van der Waals surface area contributed by atoms with Crippen molar-refractivity contribution in [2.45, 2.75) is 20.4 Å². The second kappa shape index (κ2) is 8.82. The number of hydrogen-bond donors (Lipinski definition) is 1. The SMILES string of the molecule is Cc1ccc(-c2nnc(NC(=O)c3cccc(CN4CCOCC4)c3)s2)c(C)c1. The molecule has 2 heterocycles. The number of rotatable bonds is 5. The molecule has 1 saturated heterocycles. The fourth-order valence-corrected chi connectivity index (χ4v) is 4.26. The van der Waals surface area contributed by atoms with E-state index in [1.807, 2.05) is 24.3 Å². The molecule has 6 nitrogen and oxygen atoms in total. The predicted molar refractivity (Wildman–Crippen MR) is 115 cm³/mol. The lowest BCUT2D eigenvalue weighted by Crippen LogP contribution is -2.35. The Bertz CT molecular complexity index is 1010. The maximum atomic E-state index is 12.7. The van der Waals surface area contributed by atoms with Crippen molar-refractivity contribution in [1.82, 2.24) is 15.1 Å². The Balaban J connectivity index is 1.44. The molecule has 1 fully saturated rings. The minimum absolute atomic E-state index is 0.169. The summed E-state index contributed by atoms with van der Waals surface area (Å²) in [5, 5.41) is 12.6. The highest BCUT2D eigenvalue weighted by atomic mass is 32.1. The highest BCUT2D eigenvalue weighted by molar-refractivity contribution is 7.18. The fourth-order valence-electron chi connectivity index (χ4n) is 3.43. The quantitative estimate of drug-likeness (QED) is 0.693. The Morgan fingerprint density at radius 2 is 1.97 bits per heavy atom. The van der Waals surface area contributed by atoms with Gasteiger partial charge in [-0.25, -0.2) is 0 Å². The molecule has 1 aliphatic heterocycles. The van der Waals surface area contributed by atoms with Gasteiger partial charge in [-0.2, -0.15) is 0 Å². The van der Waals surface area contributed by atoms with Crippen LogP contribution in [-0.2, 0) is 11.3 Å². The molecule has 4 rings (SSSR count). The molecule has 0 spiro atoms. The normalized spacial score (nSPS) is 14.7. The predicted octanol–water partition coefficient (Wildman–Crippen LogP) is 3.91. The Hall–Kier alpha value is -2.61. The van der Waals surface area contributed by atoms with Gasteiger partial charge >= 0.3 is 0 Å². The van der Waals surface area contributed by atoms with Crippen LogP contribution in [0.5, 0.6) is 0 Å². The number of carbonyl (C=O) groups excluding carboxylic acids is 1. The maximum absolute atomic E-state index is 12.7. The van der Waals surface area contributed by atoms with Crippen molar-refractivity contribution >= 4 is 22.4 Å². The fraction of sp³-hybridized carbons (Fsp3) is 0.318. The van der Waals surface area contributed by atoms with Crippen molar-refractivity contribution in [3.8, 4) is 10.6 Å². The molecule has 0 saturated carbocycles. The van der Waals surface area contributed by atoms with Crippen molar-refractivity contribution in [1.29, 1.82) is 0 Å². The molecule has 0 unspecified atom stereocenters. The Morgan fingerprint density at radius 1 is 1.14 bits per heavy atom. The first-order chi connectivity index (χ1) is 14.1. The molecular formula is C22H24N4O2S. The van der Waals surface area contributed by atoms with Gasteiger partial charge in [0.25, 0.3) is 5.91 Å². The molecule has 3 aromatic rings. The van der Waals surface area contributed by atoms with E-state index in [1.54, 1.807) is 0 Å². The summed E-state index contributed by atoms with van der Waals surface area (Å²) in [6.45, 7) is 8.31. The lowest BCUT2D eigenvalue weighted by atomic mass is 10.1. The molecule has 1 amide bonds. The van der Waals surface area contributed by atoms with Crippen LogP contribution >= 0.6 is 11.3 Å². The Morgan fingerprint density at radius 3 is 2.76 bits per heavy atom. The van der Waals surface area contributed by atoms with Gasteiger partial charge in [0, 0.05) is 30.8 Å². The van der Waals surface area contributed by atoms with Crippen LogP contribution in [0.15, 0.2) is 42.5 Å². The molecule has 1 aliphatic rings. The van der Waals surface area contributed by atoms with Crippen molar-refractivity contribution in [3.05, 3.63) is 64.7 Å². The van der Waals surface area contributed by atoms with E-state index >= 15 is 0 Å². The molecule has 0 atom stereocenters. The summed E-state index contributed by atoms with van der Waals surface area (Å²) in [7, 11) is 0. The molecule has 29 heavy (non-hydrogen) atoms. The van der Waals surface area contributed by atoms with Gasteiger partial charge in [0.2, 0.25) is 5.13 Å². The lowest BCUT2D eigenvalue weighted by molar-refractivity contribution is 0.0342. The molecule has 0 aliphatic carbocycles. The molecule has 0 bridgehead atoms. The first kappa shape index (κ1) is 19.7. The molecule has 7 heteroatoms. The summed E-state index contributed by atoms with van der Waals surface area (Å²) in [5.41, 5.74) is 5.14. The molecular weight excluding hydrogens is 384 g/mol. The summed E-state index contributed by atoms with van der Waals surface area (Å²) >= 11 is 1.39. The first-order valence-electron chi connectivity index (χ1n) is 9.70. The molecule has 150 valence electrons. The average Bonchev–Trinajstić information content (AvgIpc) is 3.17. The first-order valence-corrected chi connectivity index (χ1v) is 10.5. The van der Waals surface area contributed by atoms with E-state index in [9.17, 15) is 4.79 Å². The standard InChI is InChI=1S/C22H24N4O2S/c1-15-6-7-19(16(2)12-15)21-24-25-22(29-21)23-20(27)18-5-3-4-17(13-18)14-26-8-10-28-11-9-26/h3-7,12-13H,8-11,14H2,1-2H3,(H,23,25,27). The van der Waals surface area contributed by atoms with Crippen LogP contribution in [0, 0.1) is 13.8 Å². The lowest BCUT2D eigenvalue weighted by Gasteiger charge is -2.26. The Labute approximate surface area is 174 Å². The number of anilines is 1. The largest absolute Gasteiger partial charge is 0.379 e. The summed E-state index contributed by atoms with van der Waals surface area (Å²) in [6, 6.07) is 14.0. The second-order valence-corrected chi connectivity index (χ2v) is 8.25. The van der Waals surface area contributed by atoms with E-state index in [1.165, 1.54) is 16.9 Å². The van der Waals surface area contributed by atoms with Crippen LogP contribution in [-0.4, -0.2) is 47.3 Å². The number of aromatic nitrogens is 2. The van der Waals surface area contributed by atoms with Crippen molar-refractivity contribution in [3.63, 3.8) is 0 Å². The zero-order chi connectivity index (χ0) is 20.2. The van der Waals surface area contributed by atoms with Gasteiger partial charge in [0.05, 0.1) is 13.2 Å². The van der Waals surface area contributed by atoms with Crippen LogP contribution in [0.2, 0.25) is 0 Å². The smallest absolute Gasteiger partial charge is 0.257 e. The topological polar surface area (TPSA) is 67.4 Å². The highest BCUT2D eigenvalue weighted by Gasteiger charge is 2.15. The Kier molecular flexibility index (Phi) is 5.99. The summed E-state index contributed by atoms with van der Waals surface area (Å²) in [6.07, 6.45) is 0. The number of carbonyl (C=O) groups is 1. The van der Waals surface area contributed by atoms with Gasteiger partial charge in [-0.1, -0.05) is 47.2 Å². The number of amides is 1. The molecule has 1 aromatic heterocycles. The van der Waals surface area contributed by atoms with Gasteiger partial charge in [0.1, 0.15) is 5.01 Å². The third-order valence-corrected chi connectivity index (χ3v) is 5.83. The van der Waals surface area contributed by atoms with Crippen LogP contribution in [0.3, 0.4) is 0 Å². The number of hydrogen-bond acceptors (Lipinski definition) is 6. The van der Waals surface area contributed by atoms with Crippen LogP contribution in [0.25, 0.3) is 10.6 Å². The minimum Gasteiger partial charge on any atom is -0.379 e. The van der Waals surface area contributed by atoms with Gasteiger partial charge in [0.15, 0.2) is 0 Å². The number of benzene rings is 2. The van der Waals surface area contributed by atoms with Gasteiger partial charge < -0.3 is 4.74 Å². The van der Waals surface area contributed by atoms with Crippen molar-refractivity contribution < 1.29 is 9.53 Å². The number of aryl methyl sites for hydroxylation is 2. The molecule has 0 radical (unpaired) electrons. The number of nitrogens with zero attached hydrogens (tertiary/aromatic N) is 3. The maximum Gasteiger partial charge on any atom is 0.257 e. The number of ether oxygens (including phenoxy) is 1. The van der Waals surface area contributed by atoms with Crippen LogP contribution in [0.1, 0.15) is 27.0 Å². The van der Waals surface area contributed by atoms with Crippen molar-refractivity contribution in [2.24, 2.45) is 0 Å². The summed E-state index contributed by atoms with van der Waals surface area (Å²) in [5.74, 6) is -0.169. The van der Waals surface area contributed by atoms with E-state index < -0.39 is 0 Å². The van der Waals surface area contributed by atoms with Gasteiger partial charge in [-0.3, -0.25) is 15.0 Å². The zero-order valence-corrected chi connectivity index (χ0v) is 17.5. The van der Waals surface area contributed by atoms with E-state index in [-0.39, 0.29) is 5.91 Å². The van der Waals surface area contributed by atoms with Gasteiger partial charge in [-0.15, -0.1) is 10.2 Å². The van der Waals surface area contributed by atoms with E-state index in [4.69, 9.17) is 4.74 Å². The van der Waals surface area contributed by atoms with Gasteiger partial charge in [-0.05, 0) is 37.1 Å². The van der Waals surface area contributed by atoms with E-state index in [2.05, 4.69) is 52.5 Å². The third kappa shape index (κ3) is 4.87. The average molecular weight is 409 g/mol. The number of nitrogens with one attached hydrogen (secondary N) is 1. The summed E-state index contributed by atoms with van der Waals surface area (Å²) < 4.78 is 5.40. The second-order valence-electron chi connectivity index (χ2n) is 7.27. The van der Waals surface area contributed by atoms with E-state index in [0.29, 0.717) is 10.7 Å². The third-order valence-electron chi connectivity index (χ3n) is 4.96. The summed E-state index contributed by atoms with van der Waals surface area (Å²) in [4.78, 5) is 15.0. The van der Waals surface area contributed by atoms with E-state index in [0.717, 1.165) is 54.5 Å². The van der Waals surface area contributed by atoms with Crippen LogP contribution < -0.4 is 5.32 Å². The minimum atomic E-state index is -0.169. The monoisotopic (exact) mass is 408 g/mol. The van der Waals surface area contributed by atoms with Crippen LogP contribution in [0.4, 0.5) is 5.13 Å². The van der Waals surface area contributed by atoms with Crippen molar-refractivity contribution in [2.75, 3.05) is 31.6 Å². The zero-order valence-electron chi connectivity index (χ0n) is 16.6. The molecule has 1 N–H and O–H groups in total. The number of morpholine rings is 1. The molecule has 2 aromatic carbocycles. The highest BCUT2D eigenvalue weighted by Crippen LogP contribution is 2.29.